The first-order chi connectivity index (χ1) is 6.24. The molecule has 0 bridgehead atoms. The molecule has 0 saturated heterocycles. The maximum Gasteiger partial charge on any atom is 0.200 e. The molecule has 66 valence electrons. The Balaban J connectivity index is 2.96. The molecule has 0 N–H and O–H groups in total. The number of hydrogen-bond donors (Lipinski definition) is 0. The summed E-state index contributed by atoms with van der Waals surface area (Å²) >= 11 is 5.67. The monoisotopic (exact) mass is 198 g/mol. The maximum atomic E-state index is 13.2. The van der Waals surface area contributed by atoms with Crippen molar-refractivity contribution in [3.63, 3.8) is 0 Å². The average molecular weight is 199 g/mol. The standard InChI is InChI=1S/C8H4ClFN2O/c9-8-5-2-1-3-6(10)12(5)7(4-13)11-8/h1-4H. The number of imidazole rings is 1. The fourth-order valence-electron chi connectivity index (χ4n) is 1.16. The van der Waals surface area contributed by atoms with Crippen LogP contribution in [0.25, 0.3) is 5.52 Å². The van der Waals surface area contributed by atoms with Crippen molar-refractivity contribution in [2.75, 3.05) is 0 Å². The van der Waals surface area contributed by atoms with Crippen LogP contribution in [-0.4, -0.2) is 15.7 Å². The summed E-state index contributed by atoms with van der Waals surface area (Å²) in [6.45, 7) is 0. The highest BCUT2D eigenvalue weighted by molar-refractivity contribution is 6.32. The number of hydrogen-bond acceptors (Lipinski definition) is 2. The lowest BCUT2D eigenvalue weighted by Gasteiger charge is -1.95. The van der Waals surface area contributed by atoms with E-state index < -0.39 is 5.95 Å². The van der Waals surface area contributed by atoms with Crippen molar-refractivity contribution in [3.05, 3.63) is 35.1 Å². The summed E-state index contributed by atoms with van der Waals surface area (Å²) in [5.41, 5.74) is 0.392. The molecule has 2 aromatic heterocycles. The smallest absolute Gasteiger partial charge is 0.200 e. The summed E-state index contributed by atoms with van der Waals surface area (Å²) in [5, 5.41) is 0.126. The summed E-state index contributed by atoms with van der Waals surface area (Å²) in [4.78, 5) is 14.2. The molecule has 3 nitrogen and oxygen atoms in total. The molecule has 0 aliphatic carbocycles. The Labute approximate surface area is 77.8 Å². The molecule has 0 atom stereocenters. The number of fused-ring (bicyclic) bond motifs is 1. The number of aldehydes is 1. The molecule has 2 heterocycles. The summed E-state index contributed by atoms with van der Waals surface area (Å²) in [6.07, 6.45) is 0.460. The normalized spacial score (nSPS) is 10.6. The Morgan fingerprint density at radius 3 is 3.00 bits per heavy atom. The van der Waals surface area contributed by atoms with Crippen LogP contribution in [0.1, 0.15) is 10.6 Å². The van der Waals surface area contributed by atoms with E-state index in [1.807, 2.05) is 0 Å². The molecular formula is C8H4ClFN2O. The molecule has 0 aromatic carbocycles. The van der Waals surface area contributed by atoms with Gasteiger partial charge in [0.05, 0.1) is 5.52 Å². The Morgan fingerprint density at radius 2 is 2.31 bits per heavy atom. The first kappa shape index (κ1) is 8.19. The van der Waals surface area contributed by atoms with Gasteiger partial charge in [0.15, 0.2) is 23.2 Å². The van der Waals surface area contributed by atoms with Crippen LogP contribution in [0.2, 0.25) is 5.15 Å². The molecule has 0 radical (unpaired) electrons. The molecule has 2 aromatic rings. The van der Waals surface area contributed by atoms with E-state index in [0.717, 1.165) is 4.40 Å². The van der Waals surface area contributed by atoms with Crippen LogP contribution in [-0.2, 0) is 0 Å². The zero-order valence-corrected chi connectivity index (χ0v) is 7.12. The topological polar surface area (TPSA) is 34.4 Å². The van der Waals surface area contributed by atoms with Crippen LogP contribution in [0.3, 0.4) is 0 Å². The van der Waals surface area contributed by atoms with Gasteiger partial charge in [-0.3, -0.25) is 9.20 Å². The maximum absolute atomic E-state index is 13.2. The van der Waals surface area contributed by atoms with Gasteiger partial charge in [-0.25, -0.2) is 4.98 Å². The summed E-state index contributed by atoms with van der Waals surface area (Å²) in [6, 6.07) is 4.33. The predicted molar refractivity (Wildman–Crippen MR) is 45.5 cm³/mol. The summed E-state index contributed by atoms with van der Waals surface area (Å²) < 4.78 is 14.2. The number of nitrogens with zero attached hydrogens (tertiary/aromatic N) is 2. The average Bonchev–Trinajstić information content (AvgIpc) is 2.45. The lowest BCUT2D eigenvalue weighted by atomic mass is 10.4. The van der Waals surface area contributed by atoms with Crippen LogP contribution in [0.5, 0.6) is 0 Å². The minimum absolute atomic E-state index is 0.0295. The van der Waals surface area contributed by atoms with Crippen molar-refractivity contribution < 1.29 is 9.18 Å². The second kappa shape index (κ2) is 2.81. The predicted octanol–water partition coefficient (Wildman–Crippen LogP) is 1.94. The van der Waals surface area contributed by atoms with E-state index in [4.69, 9.17) is 11.6 Å². The van der Waals surface area contributed by atoms with Crippen molar-refractivity contribution in [1.29, 1.82) is 0 Å². The van der Waals surface area contributed by atoms with Gasteiger partial charge in [0, 0.05) is 0 Å². The van der Waals surface area contributed by atoms with Crippen LogP contribution in [0.15, 0.2) is 18.2 Å². The third kappa shape index (κ3) is 1.10. The van der Waals surface area contributed by atoms with Gasteiger partial charge in [-0.15, -0.1) is 0 Å². The van der Waals surface area contributed by atoms with E-state index >= 15 is 0 Å². The largest absolute Gasteiger partial charge is 0.294 e. The fraction of sp³-hybridized carbons (Fsp3) is 0. The van der Waals surface area contributed by atoms with Crippen molar-refractivity contribution in [1.82, 2.24) is 9.38 Å². The minimum Gasteiger partial charge on any atom is -0.294 e. The molecule has 0 amide bonds. The van der Waals surface area contributed by atoms with Crippen molar-refractivity contribution in [2.24, 2.45) is 0 Å². The number of halogens is 2. The van der Waals surface area contributed by atoms with Crippen molar-refractivity contribution in [2.45, 2.75) is 0 Å². The zero-order chi connectivity index (χ0) is 9.42. The lowest BCUT2D eigenvalue weighted by Crippen LogP contribution is -1.96. The first-order valence-electron chi connectivity index (χ1n) is 3.51. The number of carbonyl (C=O) groups is 1. The van der Waals surface area contributed by atoms with Crippen LogP contribution in [0.4, 0.5) is 4.39 Å². The van der Waals surface area contributed by atoms with Crippen LogP contribution in [0, 0.1) is 5.95 Å². The third-order valence-corrected chi connectivity index (χ3v) is 1.98. The number of pyridine rings is 1. The lowest BCUT2D eigenvalue weighted by molar-refractivity contribution is 0.111. The molecule has 0 spiro atoms. The van der Waals surface area contributed by atoms with Crippen molar-refractivity contribution >= 4 is 23.4 Å². The van der Waals surface area contributed by atoms with E-state index in [9.17, 15) is 9.18 Å². The second-order valence-corrected chi connectivity index (χ2v) is 2.81. The quantitative estimate of drug-likeness (QED) is 0.519. The fourth-order valence-corrected chi connectivity index (χ4v) is 1.40. The SMILES string of the molecule is O=Cc1nc(Cl)c2cccc(F)n12. The van der Waals surface area contributed by atoms with Crippen LogP contribution < -0.4 is 0 Å². The number of rotatable bonds is 1. The van der Waals surface area contributed by atoms with Gasteiger partial charge in [0.25, 0.3) is 0 Å². The Morgan fingerprint density at radius 1 is 1.54 bits per heavy atom. The van der Waals surface area contributed by atoms with Gasteiger partial charge < -0.3 is 0 Å². The van der Waals surface area contributed by atoms with E-state index in [1.54, 1.807) is 6.07 Å². The number of aromatic nitrogens is 2. The first-order valence-corrected chi connectivity index (χ1v) is 3.89. The van der Waals surface area contributed by atoms with E-state index in [1.165, 1.54) is 12.1 Å². The second-order valence-electron chi connectivity index (χ2n) is 2.45. The van der Waals surface area contributed by atoms with Gasteiger partial charge in [-0.2, -0.15) is 4.39 Å². The Hall–Kier alpha value is -1.42. The molecule has 5 heteroatoms. The molecule has 0 unspecified atom stereocenters. The zero-order valence-electron chi connectivity index (χ0n) is 6.37. The molecule has 2 rings (SSSR count). The Bertz CT molecular complexity index is 480. The van der Waals surface area contributed by atoms with Gasteiger partial charge in [0.2, 0.25) is 0 Å². The van der Waals surface area contributed by atoms with E-state index in [-0.39, 0.29) is 11.0 Å². The summed E-state index contributed by atoms with van der Waals surface area (Å²) in [7, 11) is 0. The highest BCUT2D eigenvalue weighted by Gasteiger charge is 2.10. The minimum atomic E-state index is -0.556. The van der Waals surface area contributed by atoms with Gasteiger partial charge in [0.1, 0.15) is 0 Å². The summed E-state index contributed by atoms with van der Waals surface area (Å²) in [5.74, 6) is -0.586. The highest BCUT2D eigenvalue weighted by atomic mass is 35.5. The molecular weight excluding hydrogens is 195 g/mol. The molecule has 0 fully saturated rings. The number of carbonyl (C=O) groups excluding carboxylic acids is 1. The van der Waals surface area contributed by atoms with Gasteiger partial charge >= 0.3 is 0 Å². The van der Waals surface area contributed by atoms with Crippen molar-refractivity contribution in [3.8, 4) is 0 Å². The Kier molecular flexibility index (Phi) is 1.77. The molecule has 0 aliphatic heterocycles. The third-order valence-electron chi connectivity index (χ3n) is 1.70. The van der Waals surface area contributed by atoms with E-state index in [0.29, 0.717) is 11.8 Å². The molecule has 0 aliphatic rings. The van der Waals surface area contributed by atoms with Gasteiger partial charge in [-0.1, -0.05) is 17.7 Å². The van der Waals surface area contributed by atoms with Gasteiger partial charge in [-0.05, 0) is 12.1 Å². The molecule has 13 heavy (non-hydrogen) atoms. The van der Waals surface area contributed by atoms with E-state index in [2.05, 4.69) is 4.98 Å². The van der Waals surface area contributed by atoms with Crippen LogP contribution >= 0.6 is 11.6 Å². The highest BCUT2D eigenvalue weighted by Crippen LogP contribution is 2.18. The molecule has 0 saturated carbocycles.